The zero-order chi connectivity index (χ0) is 26.2. The number of aromatic hydroxyl groups is 1. The van der Waals surface area contributed by atoms with Crippen molar-refractivity contribution in [3.05, 3.63) is 81.9 Å². The zero-order valence-corrected chi connectivity index (χ0v) is 19.6. The molecule has 0 aromatic heterocycles. The summed E-state index contributed by atoms with van der Waals surface area (Å²) in [5.74, 6) is -1.80. The number of nitrogens with zero attached hydrogens (tertiary/aromatic N) is 1. The number of ether oxygens (including phenoxy) is 3. The summed E-state index contributed by atoms with van der Waals surface area (Å²) in [4.78, 5) is 37.1. The molecule has 0 saturated carbocycles. The van der Waals surface area contributed by atoms with Gasteiger partial charge in [0.25, 0.3) is 11.8 Å². The van der Waals surface area contributed by atoms with Crippen LogP contribution in [0.5, 0.6) is 23.0 Å². The average molecular weight is 493 g/mol. The highest BCUT2D eigenvalue weighted by atomic mass is 16.6. The van der Waals surface area contributed by atoms with Gasteiger partial charge in [-0.25, -0.2) is 0 Å². The summed E-state index contributed by atoms with van der Waals surface area (Å²) in [5.41, 5.74) is -0.383. The lowest BCUT2D eigenvalue weighted by Gasteiger charge is -2.14. The molecular weight excluding hydrogens is 470 g/mol. The van der Waals surface area contributed by atoms with Crippen molar-refractivity contribution in [2.75, 3.05) is 32.0 Å². The number of hydrogen-bond acceptors (Lipinski definition) is 8. The quantitative estimate of drug-likeness (QED) is 0.133. The van der Waals surface area contributed by atoms with Crippen LogP contribution < -0.4 is 24.8 Å². The molecule has 0 fully saturated rings. The van der Waals surface area contributed by atoms with Gasteiger partial charge < -0.3 is 30.0 Å². The SMILES string of the molecule is COc1ccccc1NC(=O)C(=Cc1cc(OC)c(O)c([N+](=O)[O-])c1)C(=O)Nc1ccccc1OC. The van der Waals surface area contributed by atoms with Gasteiger partial charge in [-0.15, -0.1) is 0 Å². The van der Waals surface area contributed by atoms with Gasteiger partial charge in [-0.3, -0.25) is 19.7 Å². The zero-order valence-electron chi connectivity index (χ0n) is 19.6. The molecule has 0 aliphatic rings. The van der Waals surface area contributed by atoms with Gasteiger partial charge in [-0.1, -0.05) is 24.3 Å². The maximum atomic E-state index is 13.3. The number of nitro groups is 1. The smallest absolute Gasteiger partial charge is 0.315 e. The van der Waals surface area contributed by atoms with E-state index in [2.05, 4.69) is 10.6 Å². The highest BCUT2D eigenvalue weighted by Gasteiger charge is 2.24. The van der Waals surface area contributed by atoms with Crippen LogP contribution in [0.15, 0.2) is 66.2 Å². The van der Waals surface area contributed by atoms with Gasteiger partial charge in [-0.2, -0.15) is 0 Å². The van der Waals surface area contributed by atoms with Gasteiger partial charge in [-0.05, 0) is 42.0 Å². The number of benzene rings is 3. The molecule has 3 aromatic carbocycles. The van der Waals surface area contributed by atoms with Crippen molar-refractivity contribution in [2.45, 2.75) is 0 Å². The van der Waals surface area contributed by atoms with E-state index in [0.29, 0.717) is 22.9 Å². The number of nitro benzene ring substituents is 1. The van der Waals surface area contributed by atoms with Gasteiger partial charge >= 0.3 is 5.69 Å². The minimum Gasteiger partial charge on any atom is -0.500 e. The lowest BCUT2D eigenvalue weighted by Crippen LogP contribution is -2.25. The number of anilines is 2. The predicted octanol–water partition coefficient (Wildman–Crippen LogP) is 3.99. The van der Waals surface area contributed by atoms with Crippen molar-refractivity contribution in [1.82, 2.24) is 0 Å². The van der Waals surface area contributed by atoms with Crippen LogP contribution in [-0.4, -0.2) is 43.2 Å². The molecule has 36 heavy (non-hydrogen) atoms. The molecule has 0 heterocycles. The molecule has 0 bridgehead atoms. The Morgan fingerprint density at radius 1 is 0.833 bits per heavy atom. The van der Waals surface area contributed by atoms with Crippen molar-refractivity contribution < 1.29 is 33.8 Å². The van der Waals surface area contributed by atoms with Gasteiger partial charge in [0, 0.05) is 6.07 Å². The number of carbonyl (C=O) groups is 2. The Balaban J connectivity index is 2.09. The van der Waals surface area contributed by atoms with E-state index in [1.54, 1.807) is 48.5 Å². The summed E-state index contributed by atoms with van der Waals surface area (Å²) in [7, 11) is 4.08. The maximum absolute atomic E-state index is 13.3. The number of nitrogens with one attached hydrogen (secondary N) is 2. The van der Waals surface area contributed by atoms with Crippen LogP contribution >= 0.6 is 0 Å². The fraction of sp³-hybridized carbons (Fsp3) is 0.120. The minimum absolute atomic E-state index is 0.0664. The first-order chi connectivity index (χ1) is 17.3. The fourth-order valence-corrected chi connectivity index (χ4v) is 3.27. The molecule has 0 radical (unpaired) electrons. The first kappa shape index (κ1) is 25.6. The third-order valence-electron chi connectivity index (χ3n) is 5.00. The predicted molar refractivity (Wildman–Crippen MR) is 133 cm³/mol. The van der Waals surface area contributed by atoms with Crippen molar-refractivity contribution in [3.8, 4) is 23.0 Å². The third kappa shape index (κ3) is 5.70. The Bertz CT molecular complexity index is 1270. The summed E-state index contributed by atoms with van der Waals surface area (Å²) < 4.78 is 15.5. The van der Waals surface area contributed by atoms with E-state index >= 15 is 0 Å². The molecule has 0 saturated heterocycles. The fourth-order valence-electron chi connectivity index (χ4n) is 3.27. The van der Waals surface area contributed by atoms with E-state index in [-0.39, 0.29) is 11.3 Å². The molecule has 3 aromatic rings. The van der Waals surface area contributed by atoms with Crippen molar-refractivity contribution in [2.24, 2.45) is 0 Å². The Morgan fingerprint density at radius 2 is 1.31 bits per heavy atom. The number of hydrogen-bond donors (Lipinski definition) is 3. The highest BCUT2D eigenvalue weighted by molar-refractivity contribution is 6.29. The molecule has 0 unspecified atom stereocenters. The molecule has 0 atom stereocenters. The molecule has 11 nitrogen and oxygen atoms in total. The molecule has 0 spiro atoms. The molecule has 3 rings (SSSR count). The monoisotopic (exact) mass is 493 g/mol. The van der Waals surface area contributed by atoms with Crippen LogP contribution in [0.4, 0.5) is 17.1 Å². The Hall–Kier alpha value is -5.06. The van der Waals surface area contributed by atoms with E-state index in [0.717, 1.165) is 12.1 Å². The number of methoxy groups -OCH3 is 3. The molecule has 0 aliphatic heterocycles. The number of carbonyl (C=O) groups excluding carboxylic acids is 2. The lowest BCUT2D eigenvalue weighted by atomic mass is 10.1. The van der Waals surface area contributed by atoms with Crippen LogP contribution in [-0.2, 0) is 9.59 Å². The Kier molecular flexibility index (Phi) is 8.08. The molecule has 3 N–H and O–H groups in total. The van der Waals surface area contributed by atoms with Crippen LogP contribution in [0, 0.1) is 10.1 Å². The maximum Gasteiger partial charge on any atom is 0.315 e. The Labute approximate surface area is 206 Å². The van der Waals surface area contributed by atoms with Crippen molar-refractivity contribution in [1.29, 1.82) is 0 Å². The van der Waals surface area contributed by atoms with E-state index in [1.165, 1.54) is 27.4 Å². The summed E-state index contributed by atoms with van der Waals surface area (Å²) in [6.07, 6.45) is 1.14. The normalized spacial score (nSPS) is 10.1. The number of amides is 2. The first-order valence-corrected chi connectivity index (χ1v) is 10.4. The van der Waals surface area contributed by atoms with Gasteiger partial charge in [0.15, 0.2) is 5.75 Å². The van der Waals surface area contributed by atoms with Crippen LogP contribution in [0.2, 0.25) is 0 Å². The van der Waals surface area contributed by atoms with E-state index in [1.807, 2.05) is 0 Å². The number of phenolic OH excluding ortho intramolecular Hbond substituents is 1. The molecule has 11 heteroatoms. The summed E-state index contributed by atoms with van der Waals surface area (Å²) in [5, 5.41) is 26.7. The lowest BCUT2D eigenvalue weighted by molar-refractivity contribution is -0.386. The second-order valence-corrected chi connectivity index (χ2v) is 7.21. The minimum atomic E-state index is -0.818. The van der Waals surface area contributed by atoms with Gasteiger partial charge in [0.2, 0.25) is 5.75 Å². The van der Waals surface area contributed by atoms with Crippen molar-refractivity contribution in [3.63, 3.8) is 0 Å². The number of phenols is 1. The van der Waals surface area contributed by atoms with Gasteiger partial charge in [0.05, 0.1) is 37.6 Å². The first-order valence-electron chi connectivity index (χ1n) is 10.4. The summed E-state index contributed by atoms with van der Waals surface area (Å²) in [6.45, 7) is 0. The second-order valence-electron chi connectivity index (χ2n) is 7.21. The van der Waals surface area contributed by atoms with Gasteiger partial charge in [0.1, 0.15) is 17.1 Å². The number of rotatable bonds is 9. The standard InChI is InChI=1S/C25H23N3O8/c1-34-20-10-6-4-8-17(20)26-24(30)16(25(31)27-18-9-5-7-11-21(18)35-2)12-15-13-19(28(32)33)23(29)22(14-15)36-3/h4-14,29H,1-3H3,(H,26,30)(H,27,31). The third-order valence-corrected chi connectivity index (χ3v) is 5.00. The summed E-state index contributed by atoms with van der Waals surface area (Å²) >= 11 is 0. The van der Waals surface area contributed by atoms with E-state index in [4.69, 9.17) is 14.2 Å². The highest BCUT2D eigenvalue weighted by Crippen LogP contribution is 2.37. The van der Waals surface area contributed by atoms with E-state index in [9.17, 15) is 24.8 Å². The second kappa shape index (κ2) is 11.4. The molecular formula is C25H23N3O8. The van der Waals surface area contributed by atoms with Crippen molar-refractivity contribution >= 4 is 35.0 Å². The topological polar surface area (TPSA) is 149 Å². The molecule has 186 valence electrons. The average Bonchev–Trinajstić information content (AvgIpc) is 2.88. The van der Waals surface area contributed by atoms with Crippen LogP contribution in [0.3, 0.4) is 0 Å². The Morgan fingerprint density at radius 3 is 1.75 bits per heavy atom. The number of para-hydroxylation sites is 4. The van der Waals surface area contributed by atoms with E-state index < -0.39 is 33.7 Å². The largest absolute Gasteiger partial charge is 0.500 e. The van der Waals surface area contributed by atoms with Crippen LogP contribution in [0.1, 0.15) is 5.56 Å². The van der Waals surface area contributed by atoms with Crippen LogP contribution in [0.25, 0.3) is 6.08 Å². The molecule has 2 amide bonds. The molecule has 0 aliphatic carbocycles. The summed E-state index contributed by atoms with van der Waals surface area (Å²) in [6, 6.07) is 15.5.